The molecule has 0 aliphatic carbocycles. The summed E-state index contributed by atoms with van der Waals surface area (Å²) in [6, 6.07) is 7.63. The minimum absolute atomic E-state index is 0.165. The van der Waals surface area contributed by atoms with Gasteiger partial charge in [-0.25, -0.2) is 4.39 Å². The molecule has 0 saturated carbocycles. The Morgan fingerprint density at radius 1 is 1.26 bits per heavy atom. The fourth-order valence-corrected chi connectivity index (χ4v) is 2.25. The van der Waals surface area contributed by atoms with Gasteiger partial charge in [-0.3, -0.25) is 0 Å². The van der Waals surface area contributed by atoms with Gasteiger partial charge in [0.2, 0.25) is 0 Å². The molecule has 1 rings (SSSR count). The van der Waals surface area contributed by atoms with E-state index in [0.29, 0.717) is 12.0 Å². The SMILES string of the molecule is CNC(CCN(C)C(C)C(C)C)c1cccc(F)c1. The average Bonchev–Trinajstić information content (AvgIpc) is 2.38. The number of hydrogen-bond acceptors (Lipinski definition) is 2. The van der Waals surface area contributed by atoms with Crippen LogP contribution in [0.2, 0.25) is 0 Å². The molecular weight excluding hydrogens is 239 g/mol. The summed E-state index contributed by atoms with van der Waals surface area (Å²) < 4.78 is 13.3. The van der Waals surface area contributed by atoms with Gasteiger partial charge in [0.25, 0.3) is 0 Å². The van der Waals surface area contributed by atoms with Crippen molar-refractivity contribution in [3.05, 3.63) is 35.6 Å². The highest BCUT2D eigenvalue weighted by Crippen LogP contribution is 2.19. The maximum absolute atomic E-state index is 13.3. The molecular formula is C16H27FN2. The molecule has 1 N–H and O–H groups in total. The lowest BCUT2D eigenvalue weighted by molar-refractivity contribution is 0.199. The van der Waals surface area contributed by atoms with E-state index in [0.717, 1.165) is 18.5 Å². The summed E-state index contributed by atoms with van der Waals surface area (Å²) in [5, 5.41) is 3.28. The van der Waals surface area contributed by atoms with Crippen LogP contribution < -0.4 is 5.32 Å². The van der Waals surface area contributed by atoms with Crippen molar-refractivity contribution in [3.8, 4) is 0 Å². The van der Waals surface area contributed by atoms with Gasteiger partial charge in [-0.2, -0.15) is 0 Å². The van der Waals surface area contributed by atoms with Crippen molar-refractivity contribution < 1.29 is 4.39 Å². The fourth-order valence-electron chi connectivity index (χ4n) is 2.25. The summed E-state index contributed by atoms with van der Waals surface area (Å²) in [7, 11) is 4.09. The monoisotopic (exact) mass is 266 g/mol. The van der Waals surface area contributed by atoms with E-state index in [4.69, 9.17) is 0 Å². The van der Waals surface area contributed by atoms with Crippen molar-refractivity contribution in [1.29, 1.82) is 0 Å². The van der Waals surface area contributed by atoms with Crippen LogP contribution >= 0.6 is 0 Å². The van der Waals surface area contributed by atoms with E-state index < -0.39 is 0 Å². The molecule has 0 amide bonds. The molecule has 2 atom stereocenters. The molecule has 0 spiro atoms. The zero-order valence-electron chi connectivity index (χ0n) is 12.8. The van der Waals surface area contributed by atoms with Crippen molar-refractivity contribution in [1.82, 2.24) is 10.2 Å². The van der Waals surface area contributed by atoms with Crippen LogP contribution in [0.25, 0.3) is 0 Å². The number of hydrogen-bond donors (Lipinski definition) is 1. The summed E-state index contributed by atoms with van der Waals surface area (Å²) in [4.78, 5) is 2.37. The standard InChI is InChI=1S/C16H27FN2/c1-12(2)13(3)19(5)10-9-16(18-4)14-7-6-8-15(17)11-14/h6-8,11-13,16,18H,9-10H2,1-5H3. The zero-order valence-corrected chi connectivity index (χ0v) is 12.8. The lowest BCUT2D eigenvalue weighted by atomic mass is 10.0. The van der Waals surface area contributed by atoms with Gasteiger partial charge in [-0.15, -0.1) is 0 Å². The van der Waals surface area contributed by atoms with E-state index in [2.05, 4.69) is 38.0 Å². The van der Waals surface area contributed by atoms with Crippen LogP contribution in [0.3, 0.4) is 0 Å². The lowest BCUT2D eigenvalue weighted by Crippen LogP contribution is -2.35. The molecule has 1 aromatic carbocycles. The molecule has 1 aromatic rings. The van der Waals surface area contributed by atoms with Gasteiger partial charge in [0.1, 0.15) is 5.82 Å². The van der Waals surface area contributed by atoms with E-state index in [-0.39, 0.29) is 11.9 Å². The number of nitrogens with one attached hydrogen (secondary N) is 1. The molecule has 0 bridgehead atoms. The molecule has 2 nitrogen and oxygen atoms in total. The van der Waals surface area contributed by atoms with Crippen molar-refractivity contribution in [3.63, 3.8) is 0 Å². The first-order valence-corrected chi connectivity index (χ1v) is 7.08. The Labute approximate surface area is 117 Å². The molecule has 0 radical (unpaired) electrons. The Hall–Kier alpha value is -0.930. The smallest absolute Gasteiger partial charge is 0.123 e. The van der Waals surface area contributed by atoms with Gasteiger partial charge in [-0.05, 0) is 57.6 Å². The summed E-state index contributed by atoms with van der Waals surface area (Å²) in [5.41, 5.74) is 1.02. The van der Waals surface area contributed by atoms with Gasteiger partial charge >= 0.3 is 0 Å². The predicted molar refractivity (Wildman–Crippen MR) is 79.7 cm³/mol. The first kappa shape index (κ1) is 16.1. The second-order valence-corrected chi connectivity index (χ2v) is 5.65. The van der Waals surface area contributed by atoms with Crippen molar-refractivity contribution in [2.75, 3.05) is 20.6 Å². The van der Waals surface area contributed by atoms with Gasteiger partial charge < -0.3 is 10.2 Å². The van der Waals surface area contributed by atoms with E-state index in [1.54, 1.807) is 12.1 Å². The molecule has 2 unspecified atom stereocenters. The van der Waals surface area contributed by atoms with Crippen LogP contribution in [0.4, 0.5) is 4.39 Å². The maximum atomic E-state index is 13.3. The third-order valence-electron chi connectivity index (χ3n) is 4.03. The van der Waals surface area contributed by atoms with E-state index in [1.807, 2.05) is 13.1 Å². The summed E-state index contributed by atoms with van der Waals surface area (Å²) in [5.74, 6) is 0.480. The molecule has 3 heteroatoms. The Balaban J connectivity index is 2.58. The summed E-state index contributed by atoms with van der Waals surface area (Å²) >= 11 is 0. The minimum Gasteiger partial charge on any atom is -0.313 e. The molecule has 19 heavy (non-hydrogen) atoms. The lowest BCUT2D eigenvalue weighted by Gasteiger charge is -2.29. The van der Waals surface area contributed by atoms with Crippen molar-refractivity contribution in [2.45, 2.75) is 39.3 Å². The number of halogens is 1. The number of rotatable bonds is 7. The zero-order chi connectivity index (χ0) is 14.4. The Kier molecular flexibility index (Phi) is 6.46. The fraction of sp³-hybridized carbons (Fsp3) is 0.625. The quantitative estimate of drug-likeness (QED) is 0.813. The molecule has 0 fully saturated rings. The third kappa shape index (κ3) is 4.92. The van der Waals surface area contributed by atoms with E-state index in [1.165, 1.54) is 6.07 Å². The number of benzene rings is 1. The van der Waals surface area contributed by atoms with Crippen LogP contribution in [0.1, 0.15) is 38.8 Å². The average molecular weight is 266 g/mol. The van der Waals surface area contributed by atoms with Crippen LogP contribution in [0, 0.1) is 11.7 Å². The molecule has 0 aliphatic rings. The van der Waals surface area contributed by atoms with Gasteiger partial charge in [0.05, 0.1) is 0 Å². The minimum atomic E-state index is -0.165. The first-order chi connectivity index (χ1) is 8.95. The molecule has 0 aliphatic heterocycles. The highest BCUT2D eigenvalue weighted by atomic mass is 19.1. The Bertz CT molecular complexity index is 379. The van der Waals surface area contributed by atoms with Crippen LogP contribution in [-0.2, 0) is 0 Å². The van der Waals surface area contributed by atoms with Crippen LogP contribution in [0.15, 0.2) is 24.3 Å². The molecule has 0 heterocycles. The van der Waals surface area contributed by atoms with Crippen LogP contribution in [-0.4, -0.2) is 31.6 Å². The second-order valence-electron chi connectivity index (χ2n) is 5.65. The van der Waals surface area contributed by atoms with E-state index in [9.17, 15) is 4.39 Å². The van der Waals surface area contributed by atoms with Crippen molar-refractivity contribution in [2.24, 2.45) is 5.92 Å². The molecule has 108 valence electrons. The van der Waals surface area contributed by atoms with Gasteiger partial charge in [0.15, 0.2) is 0 Å². The first-order valence-electron chi connectivity index (χ1n) is 7.08. The molecule has 0 aromatic heterocycles. The molecule has 0 saturated heterocycles. The Morgan fingerprint density at radius 3 is 2.47 bits per heavy atom. The summed E-state index contributed by atoms with van der Waals surface area (Å²) in [6.07, 6.45) is 0.980. The highest BCUT2D eigenvalue weighted by molar-refractivity contribution is 5.20. The van der Waals surface area contributed by atoms with Gasteiger partial charge in [-0.1, -0.05) is 26.0 Å². The second kappa shape index (κ2) is 7.61. The summed E-state index contributed by atoms with van der Waals surface area (Å²) in [6.45, 7) is 7.73. The van der Waals surface area contributed by atoms with E-state index >= 15 is 0 Å². The predicted octanol–water partition coefficient (Wildman–Crippen LogP) is 3.45. The Morgan fingerprint density at radius 2 is 1.95 bits per heavy atom. The van der Waals surface area contributed by atoms with Crippen molar-refractivity contribution >= 4 is 0 Å². The topological polar surface area (TPSA) is 15.3 Å². The van der Waals surface area contributed by atoms with Crippen LogP contribution in [0.5, 0.6) is 0 Å². The maximum Gasteiger partial charge on any atom is 0.123 e. The number of nitrogens with zero attached hydrogens (tertiary/aromatic N) is 1. The largest absolute Gasteiger partial charge is 0.313 e. The third-order valence-corrected chi connectivity index (χ3v) is 4.03. The normalized spacial score (nSPS) is 14.9. The van der Waals surface area contributed by atoms with Gasteiger partial charge in [0, 0.05) is 12.1 Å². The highest BCUT2D eigenvalue weighted by Gasteiger charge is 2.16.